The van der Waals surface area contributed by atoms with Crippen LogP contribution in [0.15, 0.2) is 0 Å². The number of aromatic amines is 1. The van der Waals surface area contributed by atoms with Gasteiger partial charge in [0.15, 0.2) is 5.69 Å². The summed E-state index contributed by atoms with van der Waals surface area (Å²) < 4.78 is 37.3. The van der Waals surface area contributed by atoms with Gasteiger partial charge in [-0.05, 0) is 19.3 Å². The number of H-pyrrole nitrogens is 1. The smallest absolute Gasteiger partial charge is 0.324 e. The second-order valence-corrected chi connectivity index (χ2v) is 3.46. The Morgan fingerprint density at radius 1 is 1.43 bits per heavy atom. The molecule has 0 saturated carbocycles. The topological polar surface area (TPSA) is 54.7 Å². The number of rotatable bonds is 0. The van der Waals surface area contributed by atoms with Gasteiger partial charge < -0.3 is 5.73 Å². The second-order valence-electron chi connectivity index (χ2n) is 3.46. The molecule has 0 fully saturated rings. The Morgan fingerprint density at radius 3 is 2.79 bits per heavy atom. The first kappa shape index (κ1) is 9.51. The number of nitrogens with two attached hydrogens (primary N) is 1. The molecule has 1 aliphatic rings. The van der Waals surface area contributed by atoms with E-state index in [2.05, 4.69) is 10.2 Å². The van der Waals surface area contributed by atoms with E-state index in [1.54, 1.807) is 0 Å². The molecule has 0 bridgehead atoms. The fourth-order valence-electron chi connectivity index (χ4n) is 1.84. The fraction of sp³-hybridized carbons (Fsp3) is 0.625. The number of nitrogens with one attached hydrogen (secondary N) is 1. The lowest BCUT2D eigenvalue weighted by atomic mass is 9.91. The number of fused-ring (bicyclic) bond motifs is 1. The maximum atomic E-state index is 12.4. The van der Waals surface area contributed by atoms with Crippen molar-refractivity contribution in [2.75, 3.05) is 0 Å². The Bertz CT molecular complexity index is 342. The SMILES string of the molecule is N[C@@H]1CCCc2[nH]nc(C(F)(F)F)c21. The predicted molar refractivity (Wildman–Crippen MR) is 43.5 cm³/mol. The molecule has 2 rings (SSSR count). The summed E-state index contributed by atoms with van der Waals surface area (Å²) in [7, 11) is 0. The number of hydrogen-bond donors (Lipinski definition) is 2. The summed E-state index contributed by atoms with van der Waals surface area (Å²) in [5.74, 6) is 0. The van der Waals surface area contributed by atoms with Gasteiger partial charge in [0.2, 0.25) is 0 Å². The first-order valence-corrected chi connectivity index (χ1v) is 4.40. The average Bonchev–Trinajstić information content (AvgIpc) is 2.47. The van der Waals surface area contributed by atoms with Gasteiger partial charge in [-0.15, -0.1) is 0 Å². The van der Waals surface area contributed by atoms with Gasteiger partial charge in [-0.2, -0.15) is 18.3 Å². The van der Waals surface area contributed by atoms with E-state index < -0.39 is 17.9 Å². The molecule has 1 atom stereocenters. The van der Waals surface area contributed by atoms with E-state index in [-0.39, 0.29) is 5.56 Å². The minimum Gasteiger partial charge on any atom is -0.324 e. The highest BCUT2D eigenvalue weighted by Crippen LogP contribution is 2.37. The number of aryl methyl sites for hydroxylation is 1. The van der Waals surface area contributed by atoms with Crippen molar-refractivity contribution in [2.24, 2.45) is 5.73 Å². The van der Waals surface area contributed by atoms with E-state index >= 15 is 0 Å². The monoisotopic (exact) mass is 205 g/mol. The minimum atomic E-state index is -4.40. The molecule has 0 amide bonds. The standard InChI is InChI=1S/C8H10F3N3/c9-8(10,11)7-6-4(12)2-1-3-5(6)13-14-7/h4H,1-3,12H2,(H,13,14)/t4-/m1/s1. The van der Waals surface area contributed by atoms with Crippen LogP contribution in [0.4, 0.5) is 13.2 Å². The molecular formula is C8H10F3N3. The summed E-state index contributed by atoms with van der Waals surface area (Å²) in [6, 6.07) is -0.533. The largest absolute Gasteiger partial charge is 0.435 e. The van der Waals surface area contributed by atoms with Gasteiger partial charge in [0, 0.05) is 17.3 Å². The fourth-order valence-corrected chi connectivity index (χ4v) is 1.84. The van der Waals surface area contributed by atoms with Crippen molar-refractivity contribution in [1.29, 1.82) is 0 Å². The van der Waals surface area contributed by atoms with Crippen LogP contribution < -0.4 is 5.73 Å². The van der Waals surface area contributed by atoms with E-state index in [0.717, 1.165) is 6.42 Å². The first-order valence-electron chi connectivity index (χ1n) is 4.40. The van der Waals surface area contributed by atoms with E-state index in [1.807, 2.05) is 0 Å². The van der Waals surface area contributed by atoms with Gasteiger partial charge in [0.25, 0.3) is 0 Å². The Hall–Kier alpha value is -1.04. The molecular weight excluding hydrogens is 195 g/mol. The Morgan fingerprint density at radius 2 is 2.14 bits per heavy atom. The van der Waals surface area contributed by atoms with Gasteiger partial charge in [0.1, 0.15) is 0 Å². The van der Waals surface area contributed by atoms with Crippen LogP contribution >= 0.6 is 0 Å². The number of aromatic nitrogens is 2. The Balaban J connectivity index is 2.49. The molecule has 1 aromatic rings. The minimum absolute atomic E-state index is 0.156. The van der Waals surface area contributed by atoms with Crippen LogP contribution in [-0.2, 0) is 12.6 Å². The van der Waals surface area contributed by atoms with Crippen molar-refractivity contribution < 1.29 is 13.2 Å². The molecule has 1 aromatic heterocycles. The molecule has 3 N–H and O–H groups in total. The molecule has 14 heavy (non-hydrogen) atoms. The van der Waals surface area contributed by atoms with Crippen molar-refractivity contribution in [3.05, 3.63) is 17.0 Å². The summed E-state index contributed by atoms with van der Waals surface area (Å²) >= 11 is 0. The number of halogens is 3. The van der Waals surface area contributed by atoms with Crippen molar-refractivity contribution in [3.8, 4) is 0 Å². The molecule has 0 saturated heterocycles. The zero-order valence-electron chi connectivity index (χ0n) is 7.36. The van der Waals surface area contributed by atoms with Gasteiger partial charge >= 0.3 is 6.18 Å². The Kier molecular flexibility index (Phi) is 2.02. The third-order valence-electron chi connectivity index (χ3n) is 2.46. The average molecular weight is 205 g/mol. The molecule has 1 aliphatic carbocycles. The van der Waals surface area contributed by atoms with Gasteiger partial charge in [-0.25, -0.2) is 0 Å². The number of alkyl halides is 3. The van der Waals surface area contributed by atoms with Crippen molar-refractivity contribution in [3.63, 3.8) is 0 Å². The van der Waals surface area contributed by atoms with Gasteiger partial charge in [-0.1, -0.05) is 0 Å². The van der Waals surface area contributed by atoms with E-state index in [1.165, 1.54) is 0 Å². The third-order valence-corrected chi connectivity index (χ3v) is 2.46. The molecule has 6 heteroatoms. The number of nitrogens with zero attached hydrogens (tertiary/aromatic N) is 1. The summed E-state index contributed by atoms with van der Waals surface area (Å²) in [5.41, 5.74) is 5.48. The normalized spacial score (nSPS) is 22.1. The van der Waals surface area contributed by atoms with Crippen LogP contribution in [0.2, 0.25) is 0 Å². The van der Waals surface area contributed by atoms with Gasteiger partial charge in [-0.3, -0.25) is 5.10 Å². The lowest BCUT2D eigenvalue weighted by Gasteiger charge is -2.19. The quantitative estimate of drug-likeness (QED) is 0.678. The van der Waals surface area contributed by atoms with E-state index in [0.29, 0.717) is 18.5 Å². The molecule has 0 radical (unpaired) electrons. The molecule has 0 aliphatic heterocycles. The van der Waals surface area contributed by atoms with E-state index in [4.69, 9.17) is 5.73 Å². The van der Waals surface area contributed by atoms with E-state index in [9.17, 15) is 13.2 Å². The number of hydrogen-bond acceptors (Lipinski definition) is 2. The highest BCUT2D eigenvalue weighted by atomic mass is 19.4. The molecule has 0 spiro atoms. The van der Waals surface area contributed by atoms with Crippen LogP contribution in [0.1, 0.15) is 35.8 Å². The summed E-state index contributed by atoms with van der Waals surface area (Å²) in [4.78, 5) is 0. The van der Waals surface area contributed by atoms with Gasteiger partial charge in [0.05, 0.1) is 0 Å². The zero-order chi connectivity index (χ0) is 10.3. The van der Waals surface area contributed by atoms with Crippen LogP contribution in [0.3, 0.4) is 0 Å². The summed E-state index contributed by atoms with van der Waals surface area (Å²) in [6.45, 7) is 0. The molecule has 1 heterocycles. The molecule has 3 nitrogen and oxygen atoms in total. The van der Waals surface area contributed by atoms with Crippen LogP contribution in [-0.4, -0.2) is 10.2 Å². The van der Waals surface area contributed by atoms with Crippen LogP contribution in [0.25, 0.3) is 0 Å². The van der Waals surface area contributed by atoms with Crippen LogP contribution in [0, 0.1) is 0 Å². The summed E-state index contributed by atoms with van der Waals surface area (Å²) in [6.07, 6.45) is -2.39. The lowest BCUT2D eigenvalue weighted by Crippen LogP contribution is -2.20. The lowest BCUT2D eigenvalue weighted by molar-refractivity contribution is -0.142. The first-order chi connectivity index (χ1) is 6.50. The molecule has 0 aromatic carbocycles. The molecule has 0 unspecified atom stereocenters. The maximum Gasteiger partial charge on any atom is 0.435 e. The predicted octanol–water partition coefficient (Wildman–Crippen LogP) is 1.76. The van der Waals surface area contributed by atoms with Crippen molar-refractivity contribution in [1.82, 2.24) is 10.2 Å². The van der Waals surface area contributed by atoms with Crippen LogP contribution in [0.5, 0.6) is 0 Å². The zero-order valence-corrected chi connectivity index (χ0v) is 7.36. The highest BCUT2D eigenvalue weighted by molar-refractivity contribution is 5.32. The second kappa shape index (κ2) is 2.98. The summed E-state index contributed by atoms with van der Waals surface area (Å²) in [5, 5.41) is 5.70. The van der Waals surface area contributed by atoms with Crippen molar-refractivity contribution in [2.45, 2.75) is 31.5 Å². The highest BCUT2D eigenvalue weighted by Gasteiger charge is 2.40. The molecule has 78 valence electrons. The third kappa shape index (κ3) is 1.39. The maximum absolute atomic E-state index is 12.4. The van der Waals surface area contributed by atoms with Crippen molar-refractivity contribution >= 4 is 0 Å². The Labute approximate surface area is 78.5 Å².